The second kappa shape index (κ2) is 7.40. The van der Waals surface area contributed by atoms with Crippen molar-refractivity contribution in [1.29, 1.82) is 0 Å². The van der Waals surface area contributed by atoms with E-state index in [0.717, 1.165) is 12.1 Å². The van der Waals surface area contributed by atoms with Crippen molar-refractivity contribution in [3.8, 4) is 5.69 Å². The summed E-state index contributed by atoms with van der Waals surface area (Å²) in [5.41, 5.74) is 1.02. The summed E-state index contributed by atoms with van der Waals surface area (Å²) >= 11 is 0. The second-order valence-electron chi connectivity index (χ2n) is 4.56. The largest absolute Gasteiger partial charge is 0.385 e. The maximum Gasteiger partial charge on any atom is 0.255 e. The van der Waals surface area contributed by atoms with E-state index in [-0.39, 0.29) is 11.5 Å². The van der Waals surface area contributed by atoms with E-state index >= 15 is 0 Å². The molecule has 0 aliphatic heterocycles. The minimum absolute atomic E-state index is 0.169. The number of hydrogen-bond acceptors (Lipinski definition) is 3. The molecule has 1 N–H and O–H groups in total. The van der Waals surface area contributed by atoms with Gasteiger partial charge in [-0.15, -0.1) is 0 Å². The molecule has 0 aliphatic rings. The molecule has 2 rings (SSSR count). The van der Waals surface area contributed by atoms with Gasteiger partial charge in [0.05, 0.1) is 5.56 Å². The van der Waals surface area contributed by atoms with Crippen LogP contribution in [-0.4, -0.2) is 30.7 Å². The van der Waals surface area contributed by atoms with Gasteiger partial charge in [0.2, 0.25) is 0 Å². The molecule has 21 heavy (non-hydrogen) atoms. The van der Waals surface area contributed by atoms with E-state index in [4.69, 9.17) is 4.74 Å². The van der Waals surface area contributed by atoms with Crippen molar-refractivity contribution < 1.29 is 9.53 Å². The molecule has 0 atom stereocenters. The fourth-order valence-electron chi connectivity index (χ4n) is 1.93. The fourth-order valence-corrected chi connectivity index (χ4v) is 1.93. The number of methoxy groups -OCH3 is 1. The third kappa shape index (κ3) is 4.03. The average molecular weight is 286 g/mol. The van der Waals surface area contributed by atoms with Crippen LogP contribution in [0.2, 0.25) is 0 Å². The minimum Gasteiger partial charge on any atom is -0.385 e. The Morgan fingerprint density at radius 2 is 1.95 bits per heavy atom. The summed E-state index contributed by atoms with van der Waals surface area (Å²) in [7, 11) is 1.62. The number of nitrogens with one attached hydrogen (secondary N) is 1. The van der Waals surface area contributed by atoms with Gasteiger partial charge in [-0.3, -0.25) is 14.2 Å². The molecule has 1 amide bonds. The summed E-state index contributed by atoms with van der Waals surface area (Å²) in [5, 5.41) is 2.80. The Morgan fingerprint density at radius 3 is 2.67 bits per heavy atom. The highest BCUT2D eigenvalue weighted by Gasteiger charge is 2.07. The highest BCUT2D eigenvalue weighted by Crippen LogP contribution is 2.05. The van der Waals surface area contributed by atoms with Gasteiger partial charge in [-0.1, -0.05) is 18.2 Å². The van der Waals surface area contributed by atoms with Crippen LogP contribution < -0.4 is 10.9 Å². The number of pyridine rings is 1. The van der Waals surface area contributed by atoms with Crippen LogP contribution in [0.4, 0.5) is 0 Å². The number of aromatic nitrogens is 1. The van der Waals surface area contributed by atoms with Crippen LogP contribution in [0.15, 0.2) is 53.5 Å². The number of ether oxygens (including phenoxy) is 1. The molecule has 0 aliphatic carbocycles. The molecular formula is C16H18N2O3. The summed E-state index contributed by atoms with van der Waals surface area (Å²) < 4.78 is 6.39. The van der Waals surface area contributed by atoms with Crippen LogP contribution in [0.1, 0.15) is 16.8 Å². The van der Waals surface area contributed by atoms with Crippen LogP contribution in [0.25, 0.3) is 5.69 Å². The molecule has 1 aromatic heterocycles. The lowest BCUT2D eigenvalue weighted by Gasteiger charge is -2.09. The average Bonchev–Trinajstić information content (AvgIpc) is 2.52. The number of para-hydroxylation sites is 1. The molecule has 0 bridgehead atoms. The predicted octanol–water partition coefficient (Wildman–Crippen LogP) is 1.60. The van der Waals surface area contributed by atoms with Gasteiger partial charge >= 0.3 is 0 Å². The van der Waals surface area contributed by atoms with Crippen molar-refractivity contribution in [2.75, 3.05) is 20.3 Å². The van der Waals surface area contributed by atoms with Crippen molar-refractivity contribution in [3.05, 3.63) is 64.6 Å². The van der Waals surface area contributed by atoms with Crippen molar-refractivity contribution in [1.82, 2.24) is 9.88 Å². The predicted molar refractivity (Wildman–Crippen MR) is 80.9 cm³/mol. The number of nitrogens with zero attached hydrogens (tertiary/aromatic N) is 1. The monoisotopic (exact) mass is 286 g/mol. The Bertz CT molecular complexity index is 650. The standard InChI is InChI=1S/C16H18N2O3/c1-21-11-5-10-17-16(20)13-8-9-15(19)18(12-13)14-6-3-2-4-7-14/h2-4,6-9,12H,5,10-11H2,1H3,(H,17,20). The van der Waals surface area contributed by atoms with E-state index < -0.39 is 0 Å². The van der Waals surface area contributed by atoms with E-state index in [0.29, 0.717) is 18.7 Å². The SMILES string of the molecule is COCCCNC(=O)c1ccc(=O)n(-c2ccccc2)c1. The Kier molecular flexibility index (Phi) is 5.29. The maximum absolute atomic E-state index is 12.0. The third-order valence-electron chi connectivity index (χ3n) is 3.02. The van der Waals surface area contributed by atoms with Crippen molar-refractivity contribution in [2.24, 2.45) is 0 Å². The second-order valence-corrected chi connectivity index (χ2v) is 4.56. The quantitative estimate of drug-likeness (QED) is 0.821. The van der Waals surface area contributed by atoms with Crippen LogP contribution in [0, 0.1) is 0 Å². The zero-order chi connectivity index (χ0) is 15.1. The molecule has 1 heterocycles. The van der Waals surface area contributed by atoms with Crippen LogP contribution in [0.3, 0.4) is 0 Å². The highest BCUT2D eigenvalue weighted by atomic mass is 16.5. The molecule has 5 nitrogen and oxygen atoms in total. The van der Waals surface area contributed by atoms with Crippen LogP contribution in [-0.2, 0) is 4.74 Å². The Morgan fingerprint density at radius 1 is 1.19 bits per heavy atom. The third-order valence-corrected chi connectivity index (χ3v) is 3.02. The number of carbonyl (C=O) groups is 1. The van der Waals surface area contributed by atoms with Gasteiger partial charge in [0.1, 0.15) is 0 Å². The first-order valence-electron chi connectivity index (χ1n) is 6.77. The number of rotatable bonds is 6. The zero-order valence-corrected chi connectivity index (χ0v) is 11.9. The first-order chi connectivity index (χ1) is 10.2. The lowest BCUT2D eigenvalue weighted by molar-refractivity contribution is 0.0948. The molecule has 110 valence electrons. The first-order valence-corrected chi connectivity index (χ1v) is 6.77. The van der Waals surface area contributed by atoms with Crippen molar-refractivity contribution >= 4 is 5.91 Å². The molecule has 1 aromatic carbocycles. The molecule has 0 saturated heterocycles. The first kappa shape index (κ1) is 15.0. The summed E-state index contributed by atoms with van der Waals surface area (Å²) in [4.78, 5) is 23.9. The number of benzene rings is 1. The van der Waals surface area contributed by atoms with Crippen LogP contribution in [0.5, 0.6) is 0 Å². The Hall–Kier alpha value is -2.40. The van der Waals surface area contributed by atoms with Gasteiger partial charge in [-0.25, -0.2) is 0 Å². The van der Waals surface area contributed by atoms with Crippen molar-refractivity contribution in [3.63, 3.8) is 0 Å². The van der Waals surface area contributed by atoms with Gasteiger partial charge < -0.3 is 10.1 Å². The molecule has 0 saturated carbocycles. The van der Waals surface area contributed by atoms with E-state index in [1.54, 1.807) is 13.3 Å². The normalized spacial score (nSPS) is 10.3. The Labute approximate surface area is 123 Å². The van der Waals surface area contributed by atoms with Gasteiger partial charge in [-0.2, -0.15) is 0 Å². The van der Waals surface area contributed by atoms with E-state index in [1.807, 2.05) is 30.3 Å². The number of amides is 1. The van der Waals surface area contributed by atoms with Gasteiger partial charge in [0.15, 0.2) is 0 Å². The molecule has 0 spiro atoms. The molecule has 5 heteroatoms. The smallest absolute Gasteiger partial charge is 0.255 e. The van der Waals surface area contributed by atoms with E-state index in [2.05, 4.69) is 5.32 Å². The zero-order valence-electron chi connectivity index (χ0n) is 11.9. The van der Waals surface area contributed by atoms with Gasteiger partial charge in [-0.05, 0) is 24.6 Å². The maximum atomic E-state index is 12.0. The topological polar surface area (TPSA) is 60.3 Å². The lowest BCUT2D eigenvalue weighted by Crippen LogP contribution is -2.27. The molecule has 0 unspecified atom stereocenters. The van der Waals surface area contributed by atoms with E-state index in [1.165, 1.54) is 16.7 Å². The van der Waals surface area contributed by atoms with Crippen molar-refractivity contribution in [2.45, 2.75) is 6.42 Å². The lowest BCUT2D eigenvalue weighted by atomic mass is 10.2. The summed E-state index contributed by atoms with van der Waals surface area (Å²) in [5.74, 6) is -0.198. The summed E-state index contributed by atoms with van der Waals surface area (Å²) in [6.45, 7) is 1.14. The molecule has 0 radical (unpaired) electrons. The number of hydrogen-bond donors (Lipinski definition) is 1. The van der Waals surface area contributed by atoms with E-state index in [9.17, 15) is 9.59 Å². The Balaban J connectivity index is 2.15. The van der Waals surface area contributed by atoms with Gasteiger partial charge in [0, 0.05) is 38.2 Å². The highest BCUT2D eigenvalue weighted by molar-refractivity contribution is 5.93. The van der Waals surface area contributed by atoms with Gasteiger partial charge in [0.25, 0.3) is 11.5 Å². The summed E-state index contributed by atoms with van der Waals surface area (Å²) in [6.07, 6.45) is 2.31. The fraction of sp³-hybridized carbons (Fsp3) is 0.250. The number of carbonyl (C=O) groups excluding carboxylic acids is 1. The molecule has 0 fully saturated rings. The molecule has 2 aromatic rings. The summed E-state index contributed by atoms with van der Waals surface area (Å²) in [6, 6.07) is 12.1. The minimum atomic E-state index is -0.198. The van der Waals surface area contributed by atoms with Crippen LogP contribution >= 0.6 is 0 Å². The molecular weight excluding hydrogens is 268 g/mol.